The monoisotopic (exact) mass is 497 g/mol. The topological polar surface area (TPSA) is 141 Å². The molecule has 1 aliphatic heterocycles. The molecule has 182 valence electrons. The number of aryl methyl sites for hydroxylation is 1. The quantitative estimate of drug-likeness (QED) is 0.510. The number of aromatic nitrogens is 2. The molecule has 0 bridgehead atoms. The van der Waals surface area contributed by atoms with Gasteiger partial charge in [0.2, 0.25) is 0 Å². The Labute approximate surface area is 203 Å². The van der Waals surface area contributed by atoms with Gasteiger partial charge in [-0.1, -0.05) is 17.7 Å². The maximum absolute atomic E-state index is 13.8. The largest absolute Gasteiger partial charge is 0.486 e. The SMILES string of the molecule is Cc1ccc(S(=O)(=O)O)cc1.N#Cc1ccc(OCc2cnn(C3CCNCC3)c2C#N)c(F)c1. The van der Waals surface area contributed by atoms with Crippen LogP contribution in [-0.2, 0) is 16.7 Å². The lowest BCUT2D eigenvalue weighted by molar-refractivity contribution is 0.289. The fraction of sp³-hybridized carbons (Fsp3) is 0.292. The Balaban J connectivity index is 0.000000261. The Morgan fingerprint density at radius 3 is 2.43 bits per heavy atom. The average Bonchev–Trinajstić information content (AvgIpc) is 3.27. The number of ether oxygens (including phenoxy) is 1. The zero-order chi connectivity index (χ0) is 25.4. The molecule has 0 atom stereocenters. The lowest BCUT2D eigenvalue weighted by atomic mass is 10.1. The minimum absolute atomic E-state index is 0.0486. The summed E-state index contributed by atoms with van der Waals surface area (Å²) in [6.07, 6.45) is 3.43. The summed E-state index contributed by atoms with van der Waals surface area (Å²) in [5.74, 6) is -0.550. The van der Waals surface area contributed by atoms with Gasteiger partial charge in [0.15, 0.2) is 11.6 Å². The predicted molar refractivity (Wildman–Crippen MR) is 125 cm³/mol. The van der Waals surface area contributed by atoms with Crippen LogP contribution in [0.25, 0.3) is 0 Å². The van der Waals surface area contributed by atoms with Gasteiger partial charge in [-0.2, -0.15) is 24.0 Å². The van der Waals surface area contributed by atoms with E-state index in [9.17, 15) is 18.1 Å². The number of benzene rings is 2. The molecule has 2 heterocycles. The first-order chi connectivity index (χ1) is 16.7. The predicted octanol–water partition coefficient (Wildman–Crippen LogP) is 3.51. The second kappa shape index (κ2) is 11.6. The Hall–Kier alpha value is -3.77. The van der Waals surface area contributed by atoms with Gasteiger partial charge in [0, 0.05) is 5.56 Å². The number of nitrogens with one attached hydrogen (secondary N) is 1. The highest BCUT2D eigenvalue weighted by atomic mass is 32.2. The van der Waals surface area contributed by atoms with Crippen LogP contribution in [0.4, 0.5) is 4.39 Å². The van der Waals surface area contributed by atoms with Gasteiger partial charge < -0.3 is 10.1 Å². The van der Waals surface area contributed by atoms with Crippen molar-refractivity contribution in [3.8, 4) is 17.9 Å². The van der Waals surface area contributed by atoms with Crippen molar-refractivity contribution >= 4 is 10.1 Å². The van der Waals surface area contributed by atoms with Gasteiger partial charge in [0.25, 0.3) is 10.1 Å². The van der Waals surface area contributed by atoms with Crippen molar-refractivity contribution in [1.82, 2.24) is 15.1 Å². The molecular weight excluding hydrogens is 473 g/mol. The van der Waals surface area contributed by atoms with Crippen LogP contribution in [0, 0.1) is 35.4 Å². The average molecular weight is 498 g/mol. The Bertz CT molecular complexity index is 1350. The van der Waals surface area contributed by atoms with Gasteiger partial charge >= 0.3 is 0 Å². The molecular formula is C24H24FN5O4S. The van der Waals surface area contributed by atoms with E-state index in [1.54, 1.807) is 23.0 Å². The van der Waals surface area contributed by atoms with Gasteiger partial charge in [-0.05, 0) is 63.2 Å². The second-order valence-electron chi connectivity index (χ2n) is 7.89. The van der Waals surface area contributed by atoms with E-state index in [4.69, 9.17) is 14.6 Å². The number of halogens is 1. The third kappa shape index (κ3) is 6.87. The molecule has 2 aromatic carbocycles. The second-order valence-corrected chi connectivity index (χ2v) is 9.31. The van der Waals surface area contributed by atoms with Crippen molar-refractivity contribution in [2.75, 3.05) is 13.1 Å². The van der Waals surface area contributed by atoms with Crippen LogP contribution in [0.3, 0.4) is 0 Å². The fourth-order valence-electron chi connectivity index (χ4n) is 3.51. The zero-order valence-electron chi connectivity index (χ0n) is 19.0. The third-order valence-corrected chi connectivity index (χ3v) is 6.26. The number of hydrogen-bond donors (Lipinski definition) is 2. The Morgan fingerprint density at radius 2 is 1.86 bits per heavy atom. The van der Waals surface area contributed by atoms with E-state index in [0.29, 0.717) is 11.3 Å². The third-order valence-electron chi connectivity index (χ3n) is 5.39. The molecule has 1 aromatic heterocycles. The Morgan fingerprint density at radius 1 is 1.17 bits per heavy atom. The van der Waals surface area contributed by atoms with E-state index >= 15 is 0 Å². The standard InChI is InChI=1S/C17H16FN5O.C7H8O3S/c18-15-7-12(8-19)1-2-17(15)24-11-13-10-22-23(16(13)9-20)14-3-5-21-6-4-14;1-6-2-4-7(5-3-6)11(8,9)10/h1-2,7,10,14,21H,3-6,11H2;2-5H,1H3,(H,8,9,10). The van der Waals surface area contributed by atoms with Crippen molar-refractivity contribution in [3.63, 3.8) is 0 Å². The smallest absolute Gasteiger partial charge is 0.294 e. The van der Waals surface area contributed by atoms with Crippen molar-refractivity contribution in [2.45, 2.75) is 37.3 Å². The molecule has 4 rings (SSSR count). The van der Waals surface area contributed by atoms with Crippen molar-refractivity contribution < 1.29 is 22.1 Å². The van der Waals surface area contributed by atoms with Crippen LogP contribution in [0.15, 0.2) is 53.6 Å². The summed E-state index contributed by atoms with van der Waals surface area (Å²) < 4.78 is 50.6. The summed E-state index contributed by atoms with van der Waals surface area (Å²) in [4.78, 5) is -0.0666. The molecule has 0 saturated carbocycles. The van der Waals surface area contributed by atoms with Crippen LogP contribution >= 0.6 is 0 Å². The van der Waals surface area contributed by atoms with Crippen LogP contribution in [0.5, 0.6) is 5.75 Å². The summed E-state index contributed by atoms with van der Waals surface area (Å²) in [5.41, 5.74) is 2.27. The summed E-state index contributed by atoms with van der Waals surface area (Å²) in [6, 6.07) is 14.3. The molecule has 2 N–H and O–H groups in total. The molecule has 0 amide bonds. The maximum Gasteiger partial charge on any atom is 0.294 e. The van der Waals surface area contributed by atoms with Gasteiger partial charge in [-0.3, -0.25) is 9.23 Å². The summed E-state index contributed by atoms with van der Waals surface area (Å²) in [7, 11) is -4.02. The van der Waals surface area contributed by atoms with Crippen molar-refractivity contribution in [3.05, 3.63) is 76.9 Å². The molecule has 0 aliphatic carbocycles. The molecule has 11 heteroatoms. The molecule has 0 spiro atoms. The van der Waals surface area contributed by atoms with Crippen LogP contribution in [-0.4, -0.2) is 35.8 Å². The normalized spacial score (nSPS) is 13.7. The van der Waals surface area contributed by atoms with E-state index in [-0.39, 0.29) is 28.9 Å². The molecule has 9 nitrogen and oxygen atoms in total. The van der Waals surface area contributed by atoms with Gasteiger partial charge in [-0.25, -0.2) is 4.39 Å². The molecule has 3 aromatic rings. The molecule has 0 unspecified atom stereocenters. The molecule has 1 fully saturated rings. The van der Waals surface area contributed by atoms with Crippen molar-refractivity contribution in [2.24, 2.45) is 0 Å². The lowest BCUT2D eigenvalue weighted by Gasteiger charge is -2.23. The molecule has 35 heavy (non-hydrogen) atoms. The van der Waals surface area contributed by atoms with Gasteiger partial charge in [-0.15, -0.1) is 0 Å². The summed E-state index contributed by atoms with van der Waals surface area (Å²) >= 11 is 0. The van der Waals surface area contributed by atoms with E-state index < -0.39 is 15.9 Å². The Kier molecular flexibility index (Phi) is 8.55. The number of nitriles is 2. The van der Waals surface area contributed by atoms with E-state index in [2.05, 4.69) is 16.5 Å². The van der Waals surface area contributed by atoms with Gasteiger partial charge in [0.1, 0.15) is 18.4 Å². The minimum Gasteiger partial charge on any atom is -0.486 e. The van der Waals surface area contributed by atoms with Crippen LogP contribution < -0.4 is 10.1 Å². The highest BCUT2D eigenvalue weighted by Gasteiger charge is 2.21. The number of piperidine rings is 1. The first-order valence-electron chi connectivity index (χ1n) is 10.8. The van der Waals surface area contributed by atoms with E-state index in [1.165, 1.54) is 24.3 Å². The molecule has 1 aliphatic rings. The molecule has 1 saturated heterocycles. The molecule has 0 radical (unpaired) electrons. The maximum atomic E-state index is 13.8. The zero-order valence-corrected chi connectivity index (χ0v) is 19.8. The summed E-state index contributed by atoms with van der Waals surface area (Å²) in [5, 5.41) is 25.8. The highest BCUT2D eigenvalue weighted by molar-refractivity contribution is 7.85. The van der Waals surface area contributed by atoms with Crippen LogP contribution in [0.2, 0.25) is 0 Å². The van der Waals surface area contributed by atoms with E-state index in [1.807, 2.05) is 13.0 Å². The highest BCUT2D eigenvalue weighted by Crippen LogP contribution is 2.24. The van der Waals surface area contributed by atoms with E-state index in [0.717, 1.165) is 37.6 Å². The summed E-state index contributed by atoms with van der Waals surface area (Å²) in [6.45, 7) is 3.69. The van der Waals surface area contributed by atoms with Crippen molar-refractivity contribution in [1.29, 1.82) is 10.5 Å². The number of hydrogen-bond acceptors (Lipinski definition) is 7. The lowest BCUT2D eigenvalue weighted by Crippen LogP contribution is -2.30. The first-order valence-corrected chi connectivity index (χ1v) is 12.2. The first kappa shape index (κ1) is 25.8. The fourth-order valence-corrected chi connectivity index (χ4v) is 3.99. The van der Waals surface area contributed by atoms with Gasteiger partial charge in [0.05, 0.1) is 28.8 Å². The van der Waals surface area contributed by atoms with Crippen LogP contribution in [0.1, 0.15) is 41.3 Å². The number of rotatable bonds is 5. The minimum atomic E-state index is -4.02. The number of nitrogens with zero attached hydrogens (tertiary/aromatic N) is 4.